The summed E-state index contributed by atoms with van der Waals surface area (Å²) in [6, 6.07) is 6.86. The summed E-state index contributed by atoms with van der Waals surface area (Å²) in [6.07, 6.45) is 2.68. The number of hydrogen-bond acceptors (Lipinski definition) is 4. The first-order valence-corrected chi connectivity index (χ1v) is 7.62. The van der Waals surface area contributed by atoms with Gasteiger partial charge in [0.15, 0.2) is 0 Å². The van der Waals surface area contributed by atoms with Crippen LogP contribution in [0.3, 0.4) is 0 Å². The molecule has 0 N–H and O–H groups in total. The highest BCUT2D eigenvalue weighted by Gasteiger charge is 2.29. The second-order valence-corrected chi connectivity index (χ2v) is 6.53. The molecule has 1 aromatic rings. The fourth-order valence-corrected chi connectivity index (χ4v) is 3.97. The van der Waals surface area contributed by atoms with Crippen LogP contribution in [0, 0.1) is 6.92 Å². The average Bonchev–Trinajstić information content (AvgIpc) is 2.40. The summed E-state index contributed by atoms with van der Waals surface area (Å²) in [7, 11) is -3.44. The van der Waals surface area contributed by atoms with Crippen molar-refractivity contribution in [2.45, 2.75) is 30.7 Å². The maximum Gasteiger partial charge on any atom is 0.243 e. The van der Waals surface area contributed by atoms with Crippen molar-refractivity contribution in [1.82, 2.24) is 4.31 Å². The molecule has 0 bridgehead atoms. The van der Waals surface area contributed by atoms with Crippen LogP contribution in [0.4, 0.5) is 0 Å². The fourth-order valence-electron chi connectivity index (χ4n) is 2.27. The van der Waals surface area contributed by atoms with Crippen LogP contribution in [0.2, 0.25) is 0 Å². The maximum absolute atomic E-state index is 12.5. The quantitative estimate of drug-likeness (QED) is 0.622. The van der Waals surface area contributed by atoms with Gasteiger partial charge in [-0.15, -0.1) is 0 Å². The van der Waals surface area contributed by atoms with Gasteiger partial charge in [-0.2, -0.15) is 4.31 Å². The Morgan fingerprint density at radius 3 is 2.47 bits per heavy atom. The van der Waals surface area contributed by atoms with Crippen molar-refractivity contribution in [3.05, 3.63) is 29.8 Å². The summed E-state index contributed by atoms with van der Waals surface area (Å²) < 4.78 is 26.4. The summed E-state index contributed by atoms with van der Waals surface area (Å²) in [5.74, 6) is 0. The van der Waals surface area contributed by atoms with Gasteiger partial charge in [0.05, 0.1) is 10.9 Å². The molecule has 19 heavy (non-hydrogen) atoms. The van der Waals surface area contributed by atoms with Crippen LogP contribution in [0.25, 0.3) is 0 Å². The van der Waals surface area contributed by atoms with Crippen molar-refractivity contribution in [3.8, 4) is 0 Å². The first-order valence-electron chi connectivity index (χ1n) is 6.18. The average molecular weight is 280 g/mol. The van der Waals surface area contributed by atoms with Gasteiger partial charge in [0.25, 0.3) is 0 Å². The number of benzene rings is 1. The van der Waals surface area contributed by atoms with Crippen LogP contribution >= 0.6 is 0 Å². The summed E-state index contributed by atoms with van der Waals surface area (Å²) >= 11 is 0. The molecule has 6 heteroatoms. The normalized spacial score (nSPS) is 17.9. The standard InChI is InChI=1S/C13H16N2O3S/c1-11-4-2-3-5-13(11)19(17,18)15-8-6-12(7-9-15)14-10-16/h2-5,12H,6-9H2,1H3. The molecule has 0 aliphatic carbocycles. The molecule has 0 atom stereocenters. The van der Waals surface area contributed by atoms with Crippen LogP contribution in [0.1, 0.15) is 18.4 Å². The molecule has 0 unspecified atom stereocenters. The Bertz CT molecular complexity index is 598. The molecular weight excluding hydrogens is 264 g/mol. The molecule has 1 saturated heterocycles. The Balaban J connectivity index is 2.19. The molecule has 1 aliphatic rings. The van der Waals surface area contributed by atoms with Gasteiger partial charge in [0.2, 0.25) is 16.1 Å². The van der Waals surface area contributed by atoms with Gasteiger partial charge in [0.1, 0.15) is 0 Å². The smallest absolute Gasteiger partial charge is 0.211 e. The number of rotatable bonds is 3. The number of isocyanates is 1. The van der Waals surface area contributed by atoms with E-state index in [1.165, 1.54) is 10.4 Å². The number of carbonyl (C=O) groups excluding carboxylic acids is 1. The zero-order valence-electron chi connectivity index (χ0n) is 10.7. The molecule has 1 heterocycles. The molecule has 0 spiro atoms. The summed E-state index contributed by atoms with van der Waals surface area (Å²) in [5.41, 5.74) is 0.746. The lowest BCUT2D eigenvalue weighted by Gasteiger charge is -2.29. The lowest BCUT2D eigenvalue weighted by atomic mass is 10.1. The highest BCUT2D eigenvalue weighted by Crippen LogP contribution is 2.23. The SMILES string of the molecule is Cc1ccccc1S(=O)(=O)N1CCC(N=C=O)CC1. The molecular formula is C13H16N2O3S. The predicted molar refractivity (Wildman–Crippen MR) is 71.1 cm³/mol. The van der Waals surface area contributed by atoms with Crippen LogP contribution < -0.4 is 0 Å². The van der Waals surface area contributed by atoms with Crippen LogP contribution in [-0.2, 0) is 14.8 Å². The number of aliphatic imine (C=N–C) groups is 1. The minimum atomic E-state index is -3.44. The molecule has 0 radical (unpaired) electrons. The van der Waals surface area contributed by atoms with E-state index in [-0.39, 0.29) is 6.04 Å². The van der Waals surface area contributed by atoms with Gasteiger partial charge in [-0.1, -0.05) is 18.2 Å². The van der Waals surface area contributed by atoms with Gasteiger partial charge in [-0.05, 0) is 31.4 Å². The Kier molecular flexibility index (Phi) is 4.14. The van der Waals surface area contributed by atoms with E-state index in [1.54, 1.807) is 25.1 Å². The Hall–Kier alpha value is -1.49. The minimum absolute atomic E-state index is 0.0965. The summed E-state index contributed by atoms with van der Waals surface area (Å²) in [5, 5.41) is 0. The van der Waals surface area contributed by atoms with E-state index in [4.69, 9.17) is 0 Å². The lowest BCUT2D eigenvalue weighted by molar-refractivity contribution is 0.320. The second kappa shape index (κ2) is 5.65. The van der Waals surface area contributed by atoms with Crippen molar-refractivity contribution in [3.63, 3.8) is 0 Å². The fraction of sp³-hybridized carbons (Fsp3) is 0.462. The Morgan fingerprint density at radius 1 is 1.26 bits per heavy atom. The first-order chi connectivity index (χ1) is 9.05. The van der Waals surface area contributed by atoms with Gasteiger partial charge < -0.3 is 0 Å². The van der Waals surface area contributed by atoms with Crippen LogP contribution in [0.15, 0.2) is 34.2 Å². The molecule has 0 saturated carbocycles. The maximum atomic E-state index is 12.5. The molecule has 1 aromatic carbocycles. The second-order valence-electron chi connectivity index (χ2n) is 4.62. The van der Waals surface area contributed by atoms with Crippen molar-refractivity contribution < 1.29 is 13.2 Å². The Labute approximate surface area is 113 Å². The molecule has 1 aliphatic heterocycles. The molecule has 1 fully saturated rings. The van der Waals surface area contributed by atoms with Crippen molar-refractivity contribution >= 4 is 16.1 Å². The van der Waals surface area contributed by atoms with E-state index in [2.05, 4.69) is 4.99 Å². The van der Waals surface area contributed by atoms with Crippen LogP contribution in [-0.4, -0.2) is 37.9 Å². The van der Waals surface area contributed by atoms with E-state index >= 15 is 0 Å². The zero-order chi connectivity index (χ0) is 13.9. The number of nitrogens with zero attached hydrogens (tertiary/aromatic N) is 2. The van der Waals surface area contributed by atoms with Crippen molar-refractivity contribution in [2.75, 3.05) is 13.1 Å². The molecule has 0 amide bonds. The van der Waals surface area contributed by atoms with Gasteiger partial charge in [-0.25, -0.2) is 18.2 Å². The van der Waals surface area contributed by atoms with E-state index in [0.717, 1.165) is 5.56 Å². The van der Waals surface area contributed by atoms with E-state index in [0.29, 0.717) is 30.8 Å². The summed E-state index contributed by atoms with van der Waals surface area (Å²) in [6.45, 7) is 2.58. The third-order valence-corrected chi connectivity index (χ3v) is 5.43. The summed E-state index contributed by atoms with van der Waals surface area (Å²) in [4.78, 5) is 14.2. The minimum Gasteiger partial charge on any atom is -0.211 e. The first kappa shape index (κ1) is 13.9. The highest BCUT2D eigenvalue weighted by molar-refractivity contribution is 7.89. The molecule has 102 valence electrons. The van der Waals surface area contributed by atoms with Gasteiger partial charge in [-0.3, -0.25) is 0 Å². The van der Waals surface area contributed by atoms with Crippen LogP contribution in [0.5, 0.6) is 0 Å². The van der Waals surface area contributed by atoms with Crippen molar-refractivity contribution in [2.24, 2.45) is 4.99 Å². The zero-order valence-corrected chi connectivity index (χ0v) is 11.6. The number of hydrogen-bond donors (Lipinski definition) is 0. The highest BCUT2D eigenvalue weighted by atomic mass is 32.2. The lowest BCUT2D eigenvalue weighted by Crippen LogP contribution is -2.39. The largest absolute Gasteiger partial charge is 0.243 e. The van der Waals surface area contributed by atoms with Crippen molar-refractivity contribution in [1.29, 1.82) is 0 Å². The van der Waals surface area contributed by atoms with E-state index in [9.17, 15) is 13.2 Å². The van der Waals surface area contributed by atoms with Gasteiger partial charge >= 0.3 is 0 Å². The number of aryl methyl sites for hydroxylation is 1. The van der Waals surface area contributed by atoms with E-state index in [1.807, 2.05) is 6.07 Å². The predicted octanol–water partition coefficient (Wildman–Crippen LogP) is 1.48. The third kappa shape index (κ3) is 2.92. The third-order valence-electron chi connectivity index (χ3n) is 3.37. The topological polar surface area (TPSA) is 66.8 Å². The monoisotopic (exact) mass is 280 g/mol. The molecule has 2 rings (SSSR count). The van der Waals surface area contributed by atoms with E-state index < -0.39 is 10.0 Å². The molecule has 5 nitrogen and oxygen atoms in total. The van der Waals surface area contributed by atoms with Gasteiger partial charge in [0, 0.05) is 13.1 Å². The number of sulfonamides is 1. The Morgan fingerprint density at radius 2 is 1.89 bits per heavy atom. The number of piperidine rings is 1. The molecule has 0 aromatic heterocycles.